The van der Waals surface area contributed by atoms with E-state index in [0.29, 0.717) is 28.7 Å². The second-order valence-electron chi connectivity index (χ2n) is 5.56. The number of aromatic nitrogens is 2. The van der Waals surface area contributed by atoms with Crippen LogP contribution >= 0.6 is 0 Å². The van der Waals surface area contributed by atoms with Gasteiger partial charge in [0.25, 0.3) is 0 Å². The van der Waals surface area contributed by atoms with Gasteiger partial charge in [0, 0.05) is 35.5 Å². The summed E-state index contributed by atoms with van der Waals surface area (Å²) < 4.78 is 11.2. The van der Waals surface area contributed by atoms with Crippen molar-refractivity contribution in [3.8, 4) is 23.8 Å². The molecule has 2 aromatic carbocycles. The molecule has 0 aliphatic carbocycles. The molecule has 0 aliphatic heterocycles. The van der Waals surface area contributed by atoms with Crippen molar-refractivity contribution in [3.05, 3.63) is 72.1 Å². The molecule has 0 unspecified atom stereocenters. The third-order valence-electron chi connectivity index (χ3n) is 3.72. The molecule has 0 saturated heterocycles. The van der Waals surface area contributed by atoms with Gasteiger partial charge in [-0.2, -0.15) is 15.5 Å². The van der Waals surface area contributed by atoms with E-state index in [1.165, 1.54) is 0 Å². The van der Waals surface area contributed by atoms with Gasteiger partial charge in [0.05, 0.1) is 11.6 Å². The molecule has 0 aliphatic rings. The number of hydrogen-bond donors (Lipinski definition) is 1. The minimum Gasteiger partial charge on any atom is -0.445 e. The zero-order valence-electron chi connectivity index (χ0n) is 13.9. The van der Waals surface area contributed by atoms with Crippen molar-refractivity contribution in [1.29, 1.82) is 10.5 Å². The Hall–Kier alpha value is -4.36. The van der Waals surface area contributed by atoms with E-state index in [1.807, 2.05) is 12.1 Å². The summed E-state index contributed by atoms with van der Waals surface area (Å²) in [6.07, 6.45) is 1.58. The Morgan fingerprint density at radius 3 is 2.59 bits per heavy atom. The predicted molar refractivity (Wildman–Crippen MR) is 97.5 cm³/mol. The average molecular weight is 353 g/mol. The van der Waals surface area contributed by atoms with E-state index in [-0.39, 0.29) is 5.76 Å². The number of benzene rings is 2. The zero-order valence-corrected chi connectivity index (χ0v) is 13.9. The number of anilines is 2. The van der Waals surface area contributed by atoms with Crippen LogP contribution in [0.1, 0.15) is 11.3 Å². The Labute approximate surface area is 154 Å². The van der Waals surface area contributed by atoms with Gasteiger partial charge >= 0.3 is 0 Å². The molecule has 0 saturated carbocycles. The van der Waals surface area contributed by atoms with E-state index >= 15 is 0 Å². The first-order valence-electron chi connectivity index (χ1n) is 7.95. The summed E-state index contributed by atoms with van der Waals surface area (Å²) in [5.41, 5.74) is 1.90. The predicted octanol–water partition coefficient (Wildman–Crippen LogP) is 4.50. The van der Waals surface area contributed by atoms with Crippen LogP contribution < -0.4 is 10.1 Å². The minimum atomic E-state index is 0.248. The highest BCUT2D eigenvalue weighted by molar-refractivity contribution is 5.80. The molecule has 0 fully saturated rings. The molecule has 7 nitrogen and oxygen atoms in total. The summed E-state index contributed by atoms with van der Waals surface area (Å²) in [5.74, 6) is 1.50. The summed E-state index contributed by atoms with van der Waals surface area (Å²) >= 11 is 0. The largest absolute Gasteiger partial charge is 0.445 e. The van der Waals surface area contributed by atoms with Gasteiger partial charge in [-0.15, -0.1) is 0 Å². The van der Waals surface area contributed by atoms with Crippen LogP contribution in [0.25, 0.3) is 11.0 Å². The number of rotatable bonds is 4. The number of hydrogen-bond acceptors (Lipinski definition) is 7. The number of fused-ring (bicyclic) bond motifs is 1. The van der Waals surface area contributed by atoms with Gasteiger partial charge in [-0.3, -0.25) is 0 Å². The van der Waals surface area contributed by atoms with Crippen LogP contribution in [-0.4, -0.2) is 9.97 Å². The lowest BCUT2D eigenvalue weighted by Gasteiger charge is -2.08. The fourth-order valence-corrected chi connectivity index (χ4v) is 2.47. The summed E-state index contributed by atoms with van der Waals surface area (Å²) in [5, 5.41) is 21.6. The maximum Gasteiger partial charge on any atom is 0.230 e. The Balaban J connectivity index is 1.53. The Morgan fingerprint density at radius 2 is 1.81 bits per heavy atom. The maximum atomic E-state index is 8.91. The van der Waals surface area contributed by atoms with Gasteiger partial charge < -0.3 is 14.5 Å². The average Bonchev–Trinajstić information content (AvgIpc) is 3.11. The molecule has 0 radical (unpaired) electrons. The maximum absolute atomic E-state index is 8.91. The molecule has 0 amide bonds. The van der Waals surface area contributed by atoms with Crippen molar-refractivity contribution >= 4 is 22.6 Å². The van der Waals surface area contributed by atoms with E-state index < -0.39 is 0 Å². The molecule has 2 aromatic heterocycles. The highest BCUT2D eigenvalue weighted by atomic mass is 16.5. The van der Waals surface area contributed by atoms with Crippen molar-refractivity contribution < 1.29 is 9.15 Å². The molecule has 0 bridgehead atoms. The highest BCUT2D eigenvalue weighted by Gasteiger charge is 2.07. The number of nitrogens with one attached hydrogen (secondary N) is 1. The van der Waals surface area contributed by atoms with E-state index in [2.05, 4.69) is 21.4 Å². The van der Waals surface area contributed by atoms with Crippen LogP contribution in [0.2, 0.25) is 0 Å². The van der Waals surface area contributed by atoms with Gasteiger partial charge in [-0.05, 0) is 36.4 Å². The first kappa shape index (κ1) is 16.1. The Kier molecular flexibility index (Phi) is 4.10. The lowest BCUT2D eigenvalue weighted by atomic mass is 10.2. The Morgan fingerprint density at radius 1 is 0.963 bits per heavy atom. The summed E-state index contributed by atoms with van der Waals surface area (Å²) in [6, 6.07) is 19.6. The lowest BCUT2D eigenvalue weighted by Crippen LogP contribution is -1.98. The topological polar surface area (TPSA) is 108 Å². The molecule has 0 atom stereocenters. The van der Waals surface area contributed by atoms with E-state index in [1.54, 1.807) is 54.7 Å². The number of furan rings is 1. The molecule has 7 heteroatoms. The summed E-state index contributed by atoms with van der Waals surface area (Å²) in [7, 11) is 0. The number of ether oxygens (including phenoxy) is 1. The van der Waals surface area contributed by atoms with E-state index in [9.17, 15) is 0 Å². The fraction of sp³-hybridized carbons (Fsp3) is 0. The van der Waals surface area contributed by atoms with Gasteiger partial charge in [0.1, 0.15) is 17.4 Å². The van der Waals surface area contributed by atoms with Gasteiger partial charge in [0.15, 0.2) is 0 Å². The monoisotopic (exact) mass is 353 g/mol. The normalized spacial score (nSPS) is 10.1. The van der Waals surface area contributed by atoms with Crippen molar-refractivity contribution in [2.75, 3.05) is 5.32 Å². The van der Waals surface area contributed by atoms with Crippen LogP contribution in [0.15, 0.2) is 65.2 Å². The van der Waals surface area contributed by atoms with Crippen LogP contribution in [0.3, 0.4) is 0 Å². The highest BCUT2D eigenvalue weighted by Crippen LogP contribution is 2.27. The molecular formula is C20H11N5O2. The summed E-state index contributed by atoms with van der Waals surface area (Å²) in [4.78, 5) is 8.48. The SMILES string of the molecule is N#Cc1ccc(Nc2nccc(Oc3ccc4cc(C#N)oc4c3)n2)cc1. The molecule has 4 rings (SSSR count). The van der Waals surface area contributed by atoms with Gasteiger partial charge in [0.2, 0.25) is 17.6 Å². The minimum absolute atomic E-state index is 0.248. The molecule has 1 N–H and O–H groups in total. The van der Waals surface area contributed by atoms with E-state index in [4.69, 9.17) is 19.7 Å². The third-order valence-corrected chi connectivity index (χ3v) is 3.72. The van der Waals surface area contributed by atoms with Crippen LogP contribution in [0, 0.1) is 22.7 Å². The fourth-order valence-electron chi connectivity index (χ4n) is 2.47. The third kappa shape index (κ3) is 3.53. The first-order chi connectivity index (χ1) is 13.2. The van der Waals surface area contributed by atoms with Gasteiger partial charge in [-0.1, -0.05) is 0 Å². The summed E-state index contributed by atoms with van der Waals surface area (Å²) in [6.45, 7) is 0. The molecule has 2 heterocycles. The number of nitrogens with zero attached hydrogens (tertiary/aromatic N) is 4. The molecule has 4 aromatic rings. The molecular weight excluding hydrogens is 342 g/mol. The number of nitriles is 2. The standard InChI is InChI=1S/C20H11N5O2/c21-11-13-1-4-15(5-2-13)24-20-23-8-7-19(25-20)27-16-6-3-14-9-17(12-22)26-18(14)10-16/h1-10H,(H,23,24,25). The van der Waals surface area contributed by atoms with Crippen LogP contribution in [-0.2, 0) is 0 Å². The lowest BCUT2D eigenvalue weighted by molar-refractivity contribution is 0.462. The molecule has 128 valence electrons. The Bertz CT molecular complexity index is 1200. The molecule has 0 spiro atoms. The van der Waals surface area contributed by atoms with Crippen molar-refractivity contribution in [2.24, 2.45) is 0 Å². The van der Waals surface area contributed by atoms with Crippen LogP contribution in [0.5, 0.6) is 11.6 Å². The van der Waals surface area contributed by atoms with Crippen molar-refractivity contribution in [2.45, 2.75) is 0 Å². The van der Waals surface area contributed by atoms with E-state index in [0.717, 1.165) is 11.1 Å². The van der Waals surface area contributed by atoms with Crippen LogP contribution in [0.4, 0.5) is 11.6 Å². The smallest absolute Gasteiger partial charge is 0.230 e. The van der Waals surface area contributed by atoms with Crippen molar-refractivity contribution in [1.82, 2.24) is 9.97 Å². The van der Waals surface area contributed by atoms with Gasteiger partial charge in [-0.25, -0.2) is 4.98 Å². The second kappa shape index (κ2) is 6.87. The molecule has 27 heavy (non-hydrogen) atoms. The quantitative estimate of drug-likeness (QED) is 0.575. The zero-order chi connectivity index (χ0) is 18.6. The second-order valence-corrected chi connectivity index (χ2v) is 5.56. The first-order valence-corrected chi connectivity index (χ1v) is 7.95. The van der Waals surface area contributed by atoms with Crippen molar-refractivity contribution in [3.63, 3.8) is 0 Å².